The topological polar surface area (TPSA) is 81.1 Å². The summed E-state index contributed by atoms with van der Waals surface area (Å²) < 4.78 is 38.9. The summed E-state index contributed by atoms with van der Waals surface area (Å²) >= 11 is 0. The molecule has 0 aliphatic heterocycles. The number of pyridine rings is 1. The maximum atomic E-state index is 12.5. The number of aromatic carboxylic acids is 1. The van der Waals surface area contributed by atoms with Crippen LogP contribution in [0.3, 0.4) is 0 Å². The van der Waals surface area contributed by atoms with E-state index >= 15 is 0 Å². The summed E-state index contributed by atoms with van der Waals surface area (Å²) in [6.07, 6.45) is -3.55. The van der Waals surface area contributed by atoms with E-state index in [0.29, 0.717) is 5.52 Å². The molecule has 0 saturated carbocycles. The molecule has 2 rings (SSSR count). The highest BCUT2D eigenvalue weighted by Gasteiger charge is 2.33. The molecule has 0 amide bonds. The summed E-state index contributed by atoms with van der Waals surface area (Å²) in [5.74, 6) is -1.22. The highest BCUT2D eigenvalue weighted by Crippen LogP contribution is 2.30. The Kier molecular flexibility index (Phi) is 3.19. The second-order valence-corrected chi connectivity index (χ2v) is 3.90. The number of hydrogen-bond donors (Lipinski definition) is 2. The third-order valence-corrected chi connectivity index (χ3v) is 2.65. The second kappa shape index (κ2) is 4.54. The Labute approximate surface area is 105 Å². The van der Waals surface area contributed by atoms with Gasteiger partial charge in [0, 0.05) is 18.5 Å². The minimum Gasteiger partial charge on any atom is -0.477 e. The van der Waals surface area contributed by atoms with Crippen molar-refractivity contribution < 1.29 is 23.1 Å². The lowest BCUT2D eigenvalue weighted by Crippen LogP contribution is -2.15. The number of nitrogens with two attached hydrogens (primary N) is 1. The maximum absolute atomic E-state index is 12.5. The lowest BCUT2D eigenvalue weighted by molar-refractivity contribution is -0.141. The number of carboxylic acids is 1. The minimum atomic E-state index is -4.56. The van der Waals surface area contributed by atoms with E-state index in [1.807, 2.05) is 0 Å². The van der Waals surface area contributed by atoms with Crippen LogP contribution in [0.25, 0.3) is 10.9 Å². The number of carboxylic acid groups (broad SMARTS) is 1. The van der Waals surface area contributed by atoms with Gasteiger partial charge in [-0.05, 0) is 12.1 Å². The molecule has 3 N–H and O–H groups in total. The molecule has 2 aromatic rings. The Balaban J connectivity index is 2.66. The lowest BCUT2D eigenvalue weighted by Gasteiger charge is -2.07. The van der Waals surface area contributed by atoms with Gasteiger partial charge in [-0.2, -0.15) is 13.2 Å². The molecule has 0 aliphatic rings. The summed E-state index contributed by atoms with van der Waals surface area (Å²) in [7, 11) is 0. The first-order valence-corrected chi connectivity index (χ1v) is 5.34. The van der Waals surface area contributed by atoms with Crippen molar-refractivity contribution in [2.75, 3.05) is 6.54 Å². The summed E-state index contributed by atoms with van der Waals surface area (Å²) in [5, 5.41) is 9.19. The Hall–Kier alpha value is -2.09. The van der Waals surface area contributed by atoms with Gasteiger partial charge in [0.1, 0.15) is 11.4 Å². The number of halogens is 3. The van der Waals surface area contributed by atoms with Gasteiger partial charge >= 0.3 is 12.1 Å². The predicted molar refractivity (Wildman–Crippen MR) is 60.7 cm³/mol. The number of alkyl halides is 3. The van der Waals surface area contributed by atoms with Crippen LogP contribution in [0.1, 0.15) is 16.2 Å². The van der Waals surface area contributed by atoms with Crippen molar-refractivity contribution in [1.82, 2.24) is 9.55 Å². The molecule has 0 radical (unpaired) electrons. The van der Waals surface area contributed by atoms with Crippen LogP contribution in [0.4, 0.5) is 13.2 Å². The van der Waals surface area contributed by atoms with Crippen LogP contribution >= 0.6 is 0 Å². The molecule has 8 heteroatoms. The number of aromatic nitrogens is 2. The van der Waals surface area contributed by atoms with Gasteiger partial charge in [0.15, 0.2) is 0 Å². The van der Waals surface area contributed by atoms with Gasteiger partial charge in [-0.15, -0.1) is 0 Å². The van der Waals surface area contributed by atoms with Crippen LogP contribution in [0.5, 0.6) is 0 Å². The average molecular weight is 273 g/mol. The van der Waals surface area contributed by atoms with Gasteiger partial charge in [0.05, 0.1) is 11.7 Å². The summed E-state index contributed by atoms with van der Waals surface area (Å²) in [6, 6.07) is 2.01. The van der Waals surface area contributed by atoms with E-state index in [2.05, 4.69) is 4.98 Å². The number of carbonyl (C=O) groups is 1. The molecule has 0 aliphatic carbocycles. The summed E-state index contributed by atoms with van der Waals surface area (Å²) in [6.45, 7) is 0.364. The van der Waals surface area contributed by atoms with Crippen molar-refractivity contribution >= 4 is 16.9 Å². The molecule has 2 aromatic heterocycles. The first-order chi connectivity index (χ1) is 8.84. The standard InChI is InChI=1S/C11H10F3N3O2/c12-11(13,14)9-4-6-3-7(10(18)19)17(2-1-15)8(6)5-16-9/h3-5H,1-2,15H2,(H,18,19). The minimum absolute atomic E-state index is 0.110. The van der Waals surface area contributed by atoms with Crippen molar-refractivity contribution in [3.63, 3.8) is 0 Å². The maximum Gasteiger partial charge on any atom is 0.433 e. The molecular formula is C11H10F3N3O2. The quantitative estimate of drug-likeness (QED) is 0.892. The molecule has 102 valence electrons. The predicted octanol–water partition coefficient (Wildman–Crippen LogP) is 1.71. The Morgan fingerprint density at radius 2 is 2.11 bits per heavy atom. The molecule has 5 nitrogen and oxygen atoms in total. The van der Waals surface area contributed by atoms with E-state index < -0.39 is 17.8 Å². The summed E-state index contributed by atoms with van der Waals surface area (Å²) in [4.78, 5) is 14.4. The van der Waals surface area contributed by atoms with Crippen molar-refractivity contribution in [2.24, 2.45) is 5.73 Å². The van der Waals surface area contributed by atoms with E-state index in [9.17, 15) is 18.0 Å². The van der Waals surface area contributed by atoms with E-state index in [0.717, 1.165) is 12.3 Å². The van der Waals surface area contributed by atoms with Gasteiger partial charge in [-0.1, -0.05) is 0 Å². The normalized spacial score (nSPS) is 12.0. The van der Waals surface area contributed by atoms with Crippen molar-refractivity contribution in [1.29, 1.82) is 0 Å². The zero-order chi connectivity index (χ0) is 14.2. The number of rotatable bonds is 3. The van der Waals surface area contributed by atoms with Crippen molar-refractivity contribution in [2.45, 2.75) is 12.7 Å². The number of hydrogen-bond acceptors (Lipinski definition) is 3. The Morgan fingerprint density at radius 3 is 2.63 bits per heavy atom. The van der Waals surface area contributed by atoms with Crippen LogP contribution in [0.2, 0.25) is 0 Å². The first kappa shape index (κ1) is 13.3. The molecule has 0 bridgehead atoms. The summed E-state index contributed by atoms with van der Waals surface area (Å²) in [5.41, 5.74) is 4.52. The average Bonchev–Trinajstić information content (AvgIpc) is 2.67. The third kappa shape index (κ3) is 2.39. The van der Waals surface area contributed by atoms with Gasteiger partial charge < -0.3 is 15.4 Å². The van der Waals surface area contributed by atoms with Crippen molar-refractivity contribution in [3.05, 3.63) is 29.7 Å². The molecule has 2 heterocycles. The Morgan fingerprint density at radius 1 is 1.42 bits per heavy atom. The number of fused-ring (bicyclic) bond motifs is 1. The third-order valence-electron chi connectivity index (χ3n) is 2.65. The van der Waals surface area contributed by atoms with Gasteiger partial charge in [-0.25, -0.2) is 9.78 Å². The van der Waals surface area contributed by atoms with Gasteiger partial charge in [0.25, 0.3) is 0 Å². The fourth-order valence-electron chi connectivity index (χ4n) is 1.86. The smallest absolute Gasteiger partial charge is 0.433 e. The zero-order valence-electron chi connectivity index (χ0n) is 9.61. The SMILES string of the molecule is NCCn1c(C(=O)O)cc2cc(C(F)(F)F)ncc21. The van der Waals surface area contributed by atoms with Crippen LogP contribution in [-0.4, -0.2) is 27.2 Å². The molecule has 0 unspecified atom stereocenters. The second-order valence-electron chi connectivity index (χ2n) is 3.90. The van der Waals surface area contributed by atoms with E-state index in [1.165, 1.54) is 10.6 Å². The van der Waals surface area contributed by atoms with Gasteiger partial charge in [0.2, 0.25) is 0 Å². The largest absolute Gasteiger partial charge is 0.477 e. The highest BCUT2D eigenvalue weighted by atomic mass is 19.4. The molecule has 0 atom stereocenters. The molecule has 19 heavy (non-hydrogen) atoms. The molecule has 0 fully saturated rings. The van der Waals surface area contributed by atoms with Crippen LogP contribution in [-0.2, 0) is 12.7 Å². The van der Waals surface area contributed by atoms with Crippen LogP contribution < -0.4 is 5.73 Å². The van der Waals surface area contributed by atoms with Crippen LogP contribution in [0.15, 0.2) is 18.3 Å². The van der Waals surface area contributed by atoms with Crippen LogP contribution in [0, 0.1) is 0 Å². The lowest BCUT2D eigenvalue weighted by atomic mass is 10.2. The zero-order valence-corrected chi connectivity index (χ0v) is 9.61. The fourth-order valence-corrected chi connectivity index (χ4v) is 1.86. The van der Waals surface area contributed by atoms with E-state index in [4.69, 9.17) is 10.8 Å². The van der Waals surface area contributed by atoms with E-state index in [-0.39, 0.29) is 24.2 Å². The molecule has 0 spiro atoms. The monoisotopic (exact) mass is 273 g/mol. The Bertz CT molecular complexity index is 634. The molecular weight excluding hydrogens is 263 g/mol. The van der Waals surface area contributed by atoms with Gasteiger partial charge in [-0.3, -0.25) is 0 Å². The highest BCUT2D eigenvalue weighted by molar-refractivity contribution is 5.94. The fraction of sp³-hybridized carbons (Fsp3) is 0.273. The van der Waals surface area contributed by atoms with Crippen molar-refractivity contribution in [3.8, 4) is 0 Å². The van der Waals surface area contributed by atoms with E-state index in [1.54, 1.807) is 0 Å². The number of nitrogens with zero attached hydrogens (tertiary/aromatic N) is 2. The first-order valence-electron chi connectivity index (χ1n) is 5.34. The molecule has 0 aromatic carbocycles. The molecule has 0 saturated heterocycles.